The zero-order valence-corrected chi connectivity index (χ0v) is 14.2. The monoisotopic (exact) mass is 341 g/mol. The standard InChI is InChI=1S/C16H23NO7/c1-16(2,3)24-15(20)17-7-8-22-14(19)12-10-6-5-9(23-10)11(12)13(18)21-4/h5-6,9-12H,7-8H2,1-4H3,(H,17,20)/t9?,10?,11-,12+/m1/s1. The largest absolute Gasteiger partial charge is 0.469 e. The fourth-order valence-electron chi connectivity index (χ4n) is 2.72. The van der Waals surface area contributed by atoms with Crippen LogP contribution < -0.4 is 5.32 Å². The molecule has 2 rings (SSSR count). The van der Waals surface area contributed by atoms with Gasteiger partial charge < -0.3 is 24.3 Å². The third-order valence-electron chi connectivity index (χ3n) is 3.66. The molecule has 0 aromatic rings. The van der Waals surface area contributed by atoms with Crippen LogP contribution in [-0.2, 0) is 28.5 Å². The number of carbonyl (C=O) groups excluding carboxylic acids is 3. The van der Waals surface area contributed by atoms with Gasteiger partial charge >= 0.3 is 18.0 Å². The first-order valence-electron chi connectivity index (χ1n) is 7.78. The number of fused-ring (bicyclic) bond motifs is 2. The van der Waals surface area contributed by atoms with E-state index < -0.39 is 47.7 Å². The van der Waals surface area contributed by atoms with Gasteiger partial charge in [-0.1, -0.05) is 12.2 Å². The topological polar surface area (TPSA) is 100 Å². The first kappa shape index (κ1) is 18.3. The summed E-state index contributed by atoms with van der Waals surface area (Å²) in [5.74, 6) is -2.47. The van der Waals surface area contributed by atoms with Crippen molar-refractivity contribution >= 4 is 18.0 Å². The SMILES string of the molecule is COC(=O)[C@@H]1C2C=CC(O2)[C@@H]1C(=O)OCCNC(=O)OC(C)(C)C. The van der Waals surface area contributed by atoms with Crippen LogP contribution >= 0.6 is 0 Å². The summed E-state index contributed by atoms with van der Waals surface area (Å²) < 4.78 is 20.5. The quantitative estimate of drug-likeness (QED) is 0.342. The van der Waals surface area contributed by atoms with Crippen molar-refractivity contribution < 1.29 is 33.3 Å². The lowest BCUT2D eigenvalue weighted by Gasteiger charge is -2.22. The minimum absolute atomic E-state index is 0.0242. The van der Waals surface area contributed by atoms with Crippen LogP contribution in [0.15, 0.2) is 12.2 Å². The lowest BCUT2D eigenvalue weighted by Crippen LogP contribution is -2.39. The van der Waals surface area contributed by atoms with E-state index in [2.05, 4.69) is 5.32 Å². The number of alkyl carbamates (subject to hydrolysis) is 1. The molecule has 1 saturated heterocycles. The minimum Gasteiger partial charge on any atom is -0.469 e. The number of hydrogen-bond acceptors (Lipinski definition) is 7. The number of carbonyl (C=O) groups is 3. The van der Waals surface area contributed by atoms with Gasteiger partial charge in [-0.15, -0.1) is 0 Å². The Morgan fingerprint density at radius 3 is 2.21 bits per heavy atom. The average molecular weight is 341 g/mol. The van der Waals surface area contributed by atoms with Gasteiger partial charge in [-0.05, 0) is 20.8 Å². The van der Waals surface area contributed by atoms with E-state index >= 15 is 0 Å². The number of nitrogens with one attached hydrogen (secondary N) is 1. The van der Waals surface area contributed by atoms with Gasteiger partial charge in [-0.2, -0.15) is 0 Å². The summed E-state index contributed by atoms with van der Waals surface area (Å²) in [6.45, 7) is 5.34. The Hall–Kier alpha value is -2.09. The summed E-state index contributed by atoms with van der Waals surface area (Å²) in [5, 5.41) is 2.49. The van der Waals surface area contributed by atoms with Gasteiger partial charge in [-0.3, -0.25) is 9.59 Å². The molecule has 2 aliphatic heterocycles. The number of hydrogen-bond donors (Lipinski definition) is 1. The maximum atomic E-state index is 12.3. The molecule has 134 valence electrons. The minimum atomic E-state index is -0.728. The molecule has 4 atom stereocenters. The number of rotatable bonds is 5. The zero-order chi connectivity index (χ0) is 17.9. The molecular formula is C16H23NO7. The van der Waals surface area contributed by atoms with Gasteiger partial charge in [0.2, 0.25) is 0 Å². The zero-order valence-electron chi connectivity index (χ0n) is 14.2. The van der Waals surface area contributed by atoms with Crippen LogP contribution in [0.2, 0.25) is 0 Å². The fraction of sp³-hybridized carbons (Fsp3) is 0.688. The summed E-state index contributed by atoms with van der Waals surface area (Å²) in [5.41, 5.74) is -0.596. The molecule has 2 bridgehead atoms. The van der Waals surface area contributed by atoms with Gasteiger partial charge in [-0.25, -0.2) is 4.79 Å². The van der Waals surface area contributed by atoms with Gasteiger partial charge in [0.05, 0.1) is 25.9 Å². The van der Waals surface area contributed by atoms with E-state index in [4.69, 9.17) is 18.9 Å². The summed E-state index contributed by atoms with van der Waals surface area (Å²) in [4.78, 5) is 35.6. The van der Waals surface area contributed by atoms with E-state index in [1.807, 2.05) is 0 Å². The molecule has 0 radical (unpaired) electrons. The summed E-state index contributed by atoms with van der Waals surface area (Å²) in [6, 6.07) is 0. The van der Waals surface area contributed by atoms with Gasteiger partial charge in [0.25, 0.3) is 0 Å². The molecule has 0 aromatic carbocycles. The lowest BCUT2D eigenvalue weighted by molar-refractivity contribution is -0.158. The van der Waals surface area contributed by atoms with Crippen molar-refractivity contribution in [1.82, 2.24) is 5.32 Å². The molecule has 1 fully saturated rings. The Kier molecular flexibility index (Phi) is 5.48. The summed E-state index contributed by atoms with van der Waals surface area (Å²) >= 11 is 0. The molecule has 2 aliphatic rings. The van der Waals surface area contributed by atoms with Crippen LogP contribution in [0.3, 0.4) is 0 Å². The normalized spacial score (nSPS) is 27.7. The maximum Gasteiger partial charge on any atom is 0.407 e. The molecule has 2 heterocycles. The second kappa shape index (κ2) is 7.21. The number of ether oxygens (including phenoxy) is 4. The van der Waals surface area contributed by atoms with Crippen molar-refractivity contribution in [3.8, 4) is 0 Å². The summed E-state index contributed by atoms with van der Waals surface area (Å²) in [7, 11) is 1.27. The van der Waals surface area contributed by atoms with Crippen molar-refractivity contribution in [2.75, 3.05) is 20.3 Å². The van der Waals surface area contributed by atoms with Gasteiger partial charge in [0.15, 0.2) is 0 Å². The number of esters is 2. The Morgan fingerprint density at radius 2 is 1.67 bits per heavy atom. The second-order valence-corrected chi connectivity index (χ2v) is 6.62. The highest BCUT2D eigenvalue weighted by Crippen LogP contribution is 2.40. The highest BCUT2D eigenvalue weighted by molar-refractivity contribution is 5.85. The van der Waals surface area contributed by atoms with Crippen molar-refractivity contribution in [3.05, 3.63) is 12.2 Å². The molecule has 0 aliphatic carbocycles. The van der Waals surface area contributed by atoms with Crippen LogP contribution in [0.25, 0.3) is 0 Å². The molecule has 24 heavy (non-hydrogen) atoms. The molecular weight excluding hydrogens is 318 g/mol. The van der Waals surface area contributed by atoms with Gasteiger partial charge in [0, 0.05) is 0 Å². The molecule has 2 unspecified atom stereocenters. The van der Waals surface area contributed by atoms with Crippen LogP contribution in [0, 0.1) is 11.8 Å². The molecule has 0 spiro atoms. The van der Waals surface area contributed by atoms with Crippen molar-refractivity contribution in [2.45, 2.75) is 38.6 Å². The lowest BCUT2D eigenvalue weighted by atomic mass is 9.83. The predicted molar refractivity (Wildman–Crippen MR) is 82.0 cm³/mol. The van der Waals surface area contributed by atoms with E-state index in [0.29, 0.717) is 0 Å². The van der Waals surface area contributed by atoms with E-state index in [0.717, 1.165) is 0 Å². The molecule has 0 saturated carbocycles. The average Bonchev–Trinajstić information content (AvgIpc) is 3.09. The van der Waals surface area contributed by atoms with E-state index in [-0.39, 0.29) is 13.2 Å². The molecule has 8 heteroatoms. The summed E-state index contributed by atoms with van der Waals surface area (Å²) in [6.07, 6.45) is 1.97. The third-order valence-corrected chi connectivity index (χ3v) is 3.66. The van der Waals surface area contributed by atoms with Crippen LogP contribution in [0.4, 0.5) is 4.79 Å². The first-order valence-corrected chi connectivity index (χ1v) is 7.78. The van der Waals surface area contributed by atoms with E-state index in [1.165, 1.54) is 7.11 Å². The maximum absolute atomic E-state index is 12.3. The van der Waals surface area contributed by atoms with Crippen molar-refractivity contribution in [3.63, 3.8) is 0 Å². The molecule has 8 nitrogen and oxygen atoms in total. The van der Waals surface area contributed by atoms with E-state index in [1.54, 1.807) is 32.9 Å². The number of methoxy groups -OCH3 is 1. The predicted octanol–water partition coefficient (Wildman–Crippen LogP) is 0.797. The Balaban J connectivity index is 1.79. The molecule has 0 aromatic heterocycles. The Labute approximate surface area is 140 Å². The fourth-order valence-corrected chi connectivity index (χ4v) is 2.72. The van der Waals surface area contributed by atoms with Crippen molar-refractivity contribution in [2.24, 2.45) is 11.8 Å². The smallest absolute Gasteiger partial charge is 0.407 e. The second-order valence-electron chi connectivity index (χ2n) is 6.62. The Morgan fingerprint density at radius 1 is 1.08 bits per heavy atom. The van der Waals surface area contributed by atoms with Crippen molar-refractivity contribution in [1.29, 1.82) is 0 Å². The Bertz CT molecular complexity index is 537. The molecule has 1 amide bonds. The first-order chi connectivity index (χ1) is 11.2. The van der Waals surface area contributed by atoms with Crippen LogP contribution in [0.1, 0.15) is 20.8 Å². The number of amides is 1. The molecule has 1 N–H and O–H groups in total. The van der Waals surface area contributed by atoms with Crippen LogP contribution in [-0.4, -0.2) is 56.1 Å². The highest BCUT2D eigenvalue weighted by Gasteiger charge is 2.54. The van der Waals surface area contributed by atoms with Gasteiger partial charge in [0.1, 0.15) is 24.0 Å². The van der Waals surface area contributed by atoms with E-state index in [9.17, 15) is 14.4 Å². The highest BCUT2D eigenvalue weighted by atomic mass is 16.6. The van der Waals surface area contributed by atoms with Crippen LogP contribution in [0.5, 0.6) is 0 Å². The third kappa shape index (κ3) is 4.25.